The van der Waals surface area contributed by atoms with Crippen molar-refractivity contribution < 1.29 is 13.2 Å². The molecule has 134 valence electrons. The van der Waals surface area contributed by atoms with Crippen molar-refractivity contribution in [3.63, 3.8) is 0 Å². The van der Waals surface area contributed by atoms with Crippen LogP contribution in [0, 0.1) is 0 Å². The third kappa shape index (κ3) is 5.07. The first-order chi connectivity index (χ1) is 11.9. The van der Waals surface area contributed by atoms with E-state index >= 15 is 0 Å². The number of rotatable bonds is 7. The highest BCUT2D eigenvalue weighted by atomic mass is 32.2. The minimum atomic E-state index is -3.58. The largest absolute Gasteiger partial charge is 0.337 e. The van der Waals surface area contributed by atoms with Gasteiger partial charge in [-0.3, -0.25) is 4.79 Å². The Balaban J connectivity index is 2.16. The maximum atomic E-state index is 12.6. The Morgan fingerprint density at radius 2 is 1.84 bits per heavy atom. The first-order valence-electron chi connectivity index (χ1n) is 7.85. The lowest BCUT2D eigenvalue weighted by atomic mass is 10.1. The first-order valence-corrected chi connectivity index (χ1v) is 10.6. The van der Waals surface area contributed by atoms with Gasteiger partial charge in [0.25, 0.3) is 5.91 Å². The molecule has 0 aliphatic rings. The smallest absolute Gasteiger partial charge is 0.253 e. The van der Waals surface area contributed by atoms with E-state index in [1.807, 2.05) is 30.5 Å². The fraction of sp³-hybridized carbons (Fsp3) is 0.278. The summed E-state index contributed by atoms with van der Waals surface area (Å²) in [5.74, 6) is -0.220. The standard InChI is InChI=1S/C18H22N2O3S2/c1-4-19-25(22,23)17-7-5-6-15(12-17)18(21)20(2)13-14-8-10-16(24-3)11-9-14/h5-12,19H,4,13H2,1-3H3. The lowest BCUT2D eigenvalue weighted by molar-refractivity contribution is 0.0785. The van der Waals surface area contributed by atoms with E-state index in [4.69, 9.17) is 0 Å². The van der Waals surface area contributed by atoms with Gasteiger partial charge in [-0.2, -0.15) is 0 Å². The molecule has 2 aromatic rings. The zero-order valence-corrected chi connectivity index (χ0v) is 16.2. The molecule has 2 aromatic carbocycles. The van der Waals surface area contributed by atoms with Crippen molar-refractivity contribution in [2.45, 2.75) is 23.3 Å². The van der Waals surface area contributed by atoms with Gasteiger partial charge in [0.15, 0.2) is 0 Å². The number of benzene rings is 2. The van der Waals surface area contributed by atoms with Crippen LogP contribution in [0.15, 0.2) is 58.3 Å². The van der Waals surface area contributed by atoms with Crippen molar-refractivity contribution in [2.75, 3.05) is 19.8 Å². The topological polar surface area (TPSA) is 66.5 Å². The lowest BCUT2D eigenvalue weighted by Crippen LogP contribution is -2.27. The average Bonchev–Trinajstić information content (AvgIpc) is 2.61. The molecule has 0 saturated carbocycles. The van der Waals surface area contributed by atoms with E-state index in [1.54, 1.807) is 42.8 Å². The summed E-state index contributed by atoms with van der Waals surface area (Å²) < 4.78 is 26.6. The number of carbonyl (C=O) groups excluding carboxylic acids is 1. The fourth-order valence-corrected chi connectivity index (χ4v) is 3.86. The molecule has 1 N–H and O–H groups in total. The highest BCUT2D eigenvalue weighted by Crippen LogP contribution is 2.17. The van der Waals surface area contributed by atoms with E-state index in [0.717, 1.165) is 5.56 Å². The Labute approximate surface area is 153 Å². The van der Waals surface area contributed by atoms with Gasteiger partial charge in [-0.15, -0.1) is 11.8 Å². The molecule has 0 aliphatic heterocycles. The van der Waals surface area contributed by atoms with E-state index in [0.29, 0.717) is 18.7 Å². The Bertz CT molecular complexity index is 834. The number of nitrogens with one attached hydrogen (secondary N) is 1. The maximum Gasteiger partial charge on any atom is 0.253 e. The number of amides is 1. The van der Waals surface area contributed by atoms with Crippen molar-refractivity contribution >= 4 is 27.7 Å². The quantitative estimate of drug-likeness (QED) is 0.752. The van der Waals surface area contributed by atoms with E-state index in [-0.39, 0.29) is 10.8 Å². The molecule has 0 atom stereocenters. The molecule has 0 radical (unpaired) electrons. The molecule has 25 heavy (non-hydrogen) atoms. The van der Waals surface area contributed by atoms with Crippen LogP contribution >= 0.6 is 11.8 Å². The Kier molecular flexibility index (Phi) is 6.64. The van der Waals surface area contributed by atoms with Crippen LogP contribution < -0.4 is 4.72 Å². The molecular weight excluding hydrogens is 356 g/mol. The summed E-state index contributed by atoms with van der Waals surface area (Å²) in [4.78, 5) is 15.5. The SMILES string of the molecule is CCNS(=O)(=O)c1cccc(C(=O)N(C)Cc2ccc(SC)cc2)c1. The number of hydrogen-bond acceptors (Lipinski definition) is 4. The summed E-state index contributed by atoms with van der Waals surface area (Å²) >= 11 is 1.66. The van der Waals surface area contributed by atoms with E-state index in [9.17, 15) is 13.2 Å². The lowest BCUT2D eigenvalue weighted by Gasteiger charge is -2.18. The molecule has 0 spiro atoms. The zero-order valence-electron chi connectivity index (χ0n) is 14.5. The Hall–Kier alpha value is -1.83. The van der Waals surface area contributed by atoms with Crippen molar-refractivity contribution in [1.82, 2.24) is 9.62 Å². The monoisotopic (exact) mass is 378 g/mol. The number of hydrogen-bond donors (Lipinski definition) is 1. The van der Waals surface area contributed by atoms with Crippen LogP contribution in [0.3, 0.4) is 0 Å². The summed E-state index contributed by atoms with van der Waals surface area (Å²) in [6, 6.07) is 14.1. The Morgan fingerprint density at radius 3 is 2.44 bits per heavy atom. The summed E-state index contributed by atoms with van der Waals surface area (Å²) in [6.07, 6.45) is 2.01. The van der Waals surface area contributed by atoms with Crippen LogP contribution in [0.4, 0.5) is 0 Å². The van der Waals surface area contributed by atoms with Crippen molar-refractivity contribution in [2.24, 2.45) is 0 Å². The minimum absolute atomic E-state index is 0.0953. The minimum Gasteiger partial charge on any atom is -0.337 e. The molecule has 7 heteroatoms. The van der Waals surface area contributed by atoms with Gasteiger partial charge in [-0.25, -0.2) is 13.1 Å². The Morgan fingerprint density at radius 1 is 1.16 bits per heavy atom. The van der Waals surface area contributed by atoms with Gasteiger partial charge < -0.3 is 4.90 Å². The van der Waals surface area contributed by atoms with E-state index < -0.39 is 10.0 Å². The van der Waals surface area contributed by atoms with Crippen molar-refractivity contribution in [1.29, 1.82) is 0 Å². The maximum absolute atomic E-state index is 12.6. The third-order valence-electron chi connectivity index (χ3n) is 3.65. The van der Waals surface area contributed by atoms with Crippen molar-refractivity contribution in [3.05, 3.63) is 59.7 Å². The second kappa shape index (κ2) is 8.51. The van der Waals surface area contributed by atoms with E-state index in [1.165, 1.54) is 17.0 Å². The molecule has 2 rings (SSSR count). The fourth-order valence-electron chi connectivity index (χ4n) is 2.37. The van der Waals surface area contributed by atoms with Gasteiger partial charge in [0.2, 0.25) is 10.0 Å². The van der Waals surface area contributed by atoms with Crippen LogP contribution in [0.2, 0.25) is 0 Å². The molecule has 0 aromatic heterocycles. The second-order valence-electron chi connectivity index (χ2n) is 5.54. The van der Waals surface area contributed by atoms with Crippen LogP contribution in [0.1, 0.15) is 22.8 Å². The first kappa shape index (κ1) is 19.5. The van der Waals surface area contributed by atoms with Crippen LogP contribution in [-0.4, -0.2) is 39.1 Å². The van der Waals surface area contributed by atoms with Crippen LogP contribution in [0.5, 0.6) is 0 Å². The van der Waals surface area contributed by atoms with Crippen molar-refractivity contribution in [3.8, 4) is 0 Å². The molecule has 5 nitrogen and oxygen atoms in total. The number of sulfonamides is 1. The highest BCUT2D eigenvalue weighted by molar-refractivity contribution is 7.98. The van der Waals surface area contributed by atoms with E-state index in [2.05, 4.69) is 4.72 Å². The van der Waals surface area contributed by atoms with Crippen LogP contribution in [-0.2, 0) is 16.6 Å². The molecule has 1 amide bonds. The summed E-state index contributed by atoms with van der Waals surface area (Å²) in [6.45, 7) is 2.47. The third-order valence-corrected chi connectivity index (χ3v) is 5.94. The predicted octanol–water partition coefficient (Wildman–Crippen LogP) is 2.98. The number of carbonyl (C=O) groups is 1. The summed E-state index contributed by atoms with van der Waals surface area (Å²) in [5.41, 5.74) is 1.37. The van der Waals surface area contributed by atoms with Gasteiger partial charge in [0.05, 0.1) is 4.90 Å². The molecule has 0 saturated heterocycles. The molecule has 0 fully saturated rings. The van der Waals surface area contributed by atoms with Crippen LogP contribution in [0.25, 0.3) is 0 Å². The molecule has 0 bridgehead atoms. The highest BCUT2D eigenvalue weighted by Gasteiger charge is 2.17. The summed E-state index contributed by atoms with van der Waals surface area (Å²) in [5, 5.41) is 0. The van der Waals surface area contributed by atoms with Gasteiger partial charge in [-0.1, -0.05) is 25.1 Å². The normalized spacial score (nSPS) is 11.3. The zero-order chi connectivity index (χ0) is 18.4. The summed E-state index contributed by atoms with van der Waals surface area (Å²) in [7, 11) is -1.88. The number of thioether (sulfide) groups is 1. The molecular formula is C18H22N2O3S2. The van der Waals surface area contributed by atoms with Gasteiger partial charge >= 0.3 is 0 Å². The molecule has 0 aliphatic carbocycles. The average molecular weight is 379 g/mol. The second-order valence-corrected chi connectivity index (χ2v) is 8.19. The number of nitrogens with zero attached hydrogens (tertiary/aromatic N) is 1. The molecule has 0 heterocycles. The molecule has 0 unspecified atom stereocenters. The van der Waals surface area contributed by atoms with Gasteiger partial charge in [-0.05, 0) is 42.2 Å². The van der Waals surface area contributed by atoms with Gasteiger partial charge in [0, 0.05) is 30.6 Å². The van der Waals surface area contributed by atoms with Gasteiger partial charge in [0.1, 0.15) is 0 Å². The predicted molar refractivity (Wildman–Crippen MR) is 101 cm³/mol.